The van der Waals surface area contributed by atoms with E-state index in [9.17, 15) is 4.79 Å². The summed E-state index contributed by atoms with van der Waals surface area (Å²) >= 11 is 0. The summed E-state index contributed by atoms with van der Waals surface area (Å²) in [5.41, 5.74) is 7.75. The first kappa shape index (κ1) is 15.0. The Balaban J connectivity index is 2.02. The predicted octanol–water partition coefficient (Wildman–Crippen LogP) is 3.49. The number of amides is 1. The van der Waals surface area contributed by atoms with Gasteiger partial charge in [-0.1, -0.05) is 44.7 Å². The summed E-state index contributed by atoms with van der Waals surface area (Å²) in [4.78, 5) is 12.5. The molecule has 110 valence electrons. The third-order valence-corrected chi connectivity index (χ3v) is 4.43. The summed E-state index contributed by atoms with van der Waals surface area (Å²) < 4.78 is 0. The van der Waals surface area contributed by atoms with Gasteiger partial charge >= 0.3 is 0 Å². The van der Waals surface area contributed by atoms with Crippen molar-refractivity contribution in [1.82, 2.24) is 0 Å². The lowest BCUT2D eigenvalue weighted by Gasteiger charge is -2.34. The Bertz CT molecular complexity index is 433. The summed E-state index contributed by atoms with van der Waals surface area (Å²) in [6, 6.07) is 8.18. The summed E-state index contributed by atoms with van der Waals surface area (Å²) in [6.07, 6.45) is 7.51. The smallest absolute Gasteiger partial charge is 0.231 e. The molecule has 0 unspecified atom stereocenters. The van der Waals surface area contributed by atoms with Gasteiger partial charge in [-0.05, 0) is 37.0 Å². The number of hydrogen-bond donors (Lipinski definition) is 2. The highest BCUT2D eigenvalue weighted by molar-refractivity contribution is 5.95. The number of rotatable bonds is 5. The largest absolute Gasteiger partial charge is 0.329 e. The van der Waals surface area contributed by atoms with Gasteiger partial charge in [0.15, 0.2) is 0 Å². The minimum atomic E-state index is -0.347. The van der Waals surface area contributed by atoms with Gasteiger partial charge < -0.3 is 11.1 Å². The number of aryl methyl sites for hydroxylation is 1. The lowest BCUT2D eigenvalue weighted by Crippen LogP contribution is -2.43. The molecule has 1 saturated carbocycles. The second-order valence-electron chi connectivity index (χ2n) is 5.95. The molecule has 3 heteroatoms. The van der Waals surface area contributed by atoms with Crippen LogP contribution in [-0.2, 0) is 11.2 Å². The number of nitrogens with one attached hydrogen (secondary N) is 1. The monoisotopic (exact) mass is 274 g/mol. The SMILES string of the molecule is CCCc1ccc(NC(=O)C2(CN)CCCCC2)cc1. The molecule has 0 heterocycles. The van der Waals surface area contributed by atoms with Gasteiger partial charge in [0.1, 0.15) is 0 Å². The van der Waals surface area contributed by atoms with Crippen molar-refractivity contribution in [2.45, 2.75) is 51.9 Å². The topological polar surface area (TPSA) is 55.1 Å². The fourth-order valence-electron chi connectivity index (χ4n) is 3.06. The molecule has 0 aliphatic heterocycles. The average molecular weight is 274 g/mol. The van der Waals surface area contributed by atoms with Crippen molar-refractivity contribution in [2.75, 3.05) is 11.9 Å². The quantitative estimate of drug-likeness (QED) is 0.863. The Kier molecular flexibility index (Phi) is 5.18. The molecule has 0 spiro atoms. The van der Waals surface area contributed by atoms with Crippen molar-refractivity contribution >= 4 is 11.6 Å². The number of anilines is 1. The van der Waals surface area contributed by atoms with Crippen molar-refractivity contribution in [2.24, 2.45) is 11.1 Å². The molecule has 2 rings (SSSR count). The van der Waals surface area contributed by atoms with E-state index in [-0.39, 0.29) is 11.3 Å². The lowest BCUT2D eigenvalue weighted by atomic mass is 9.73. The van der Waals surface area contributed by atoms with Gasteiger partial charge in [0.25, 0.3) is 0 Å². The second kappa shape index (κ2) is 6.89. The van der Waals surface area contributed by atoms with E-state index in [0.29, 0.717) is 6.54 Å². The third kappa shape index (κ3) is 3.40. The molecular formula is C17H26N2O. The number of nitrogens with two attached hydrogens (primary N) is 1. The molecule has 0 radical (unpaired) electrons. The van der Waals surface area contributed by atoms with Gasteiger partial charge in [-0.2, -0.15) is 0 Å². The average Bonchev–Trinajstić information content (AvgIpc) is 2.50. The van der Waals surface area contributed by atoms with Crippen LogP contribution in [-0.4, -0.2) is 12.5 Å². The van der Waals surface area contributed by atoms with Crippen molar-refractivity contribution in [3.63, 3.8) is 0 Å². The number of carbonyl (C=O) groups excluding carboxylic acids is 1. The van der Waals surface area contributed by atoms with Crippen LogP contribution in [0.2, 0.25) is 0 Å². The summed E-state index contributed by atoms with van der Waals surface area (Å²) in [5.74, 6) is 0.0999. The molecule has 3 nitrogen and oxygen atoms in total. The molecular weight excluding hydrogens is 248 g/mol. The predicted molar refractivity (Wildman–Crippen MR) is 83.6 cm³/mol. The zero-order valence-electron chi connectivity index (χ0n) is 12.5. The molecule has 1 fully saturated rings. The lowest BCUT2D eigenvalue weighted by molar-refractivity contribution is -0.126. The van der Waals surface area contributed by atoms with Crippen LogP contribution < -0.4 is 11.1 Å². The first-order valence-electron chi connectivity index (χ1n) is 7.81. The minimum absolute atomic E-state index is 0.0999. The Morgan fingerprint density at radius 1 is 1.20 bits per heavy atom. The molecule has 0 bridgehead atoms. The number of carbonyl (C=O) groups is 1. The Morgan fingerprint density at radius 2 is 1.85 bits per heavy atom. The fraction of sp³-hybridized carbons (Fsp3) is 0.588. The molecule has 0 atom stereocenters. The number of benzene rings is 1. The molecule has 1 aliphatic carbocycles. The van der Waals surface area contributed by atoms with E-state index >= 15 is 0 Å². The first-order chi connectivity index (χ1) is 9.70. The number of hydrogen-bond acceptors (Lipinski definition) is 2. The molecule has 1 amide bonds. The van der Waals surface area contributed by atoms with Gasteiger partial charge in [0, 0.05) is 12.2 Å². The van der Waals surface area contributed by atoms with E-state index < -0.39 is 0 Å². The summed E-state index contributed by atoms with van der Waals surface area (Å²) in [7, 11) is 0. The second-order valence-corrected chi connectivity index (χ2v) is 5.95. The van der Waals surface area contributed by atoms with E-state index in [1.807, 2.05) is 12.1 Å². The molecule has 1 aromatic rings. The van der Waals surface area contributed by atoms with Crippen molar-refractivity contribution < 1.29 is 4.79 Å². The van der Waals surface area contributed by atoms with E-state index in [2.05, 4.69) is 24.4 Å². The highest BCUT2D eigenvalue weighted by Gasteiger charge is 2.38. The van der Waals surface area contributed by atoms with Crippen LogP contribution in [0.25, 0.3) is 0 Å². The van der Waals surface area contributed by atoms with Crippen LogP contribution in [0.1, 0.15) is 51.0 Å². The van der Waals surface area contributed by atoms with Crippen molar-refractivity contribution in [3.8, 4) is 0 Å². The van der Waals surface area contributed by atoms with E-state index in [4.69, 9.17) is 5.73 Å². The Labute approximate surface area is 121 Å². The van der Waals surface area contributed by atoms with E-state index in [1.54, 1.807) is 0 Å². The summed E-state index contributed by atoms with van der Waals surface area (Å²) in [5, 5.41) is 3.05. The minimum Gasteiger partial charge on any atom is -0.329 e. The fourth-order valence-corrected chi connectivity index (χ4v) is 3.06. The molecule has 1 aromatic carbocycles. The highest BCUT2D eigenvalue weighted by atomic mass is 16.2. The zero-order valence-corrected chi connectivity index (χ0v) is 12.5. The van der Waals surface area contributed by atoms with Crippen LogP contribution in [0.15, 0.2) is 24.3 Å². The van der Waals surface area contributed by atoms with Crippen molar-refractivity contribution in [1.29, 1.82) is 0 Å². The maximum Gasteiger partial charge on any atom is 0.231 e. The maximum atomic E-state index is 12.5. The molecule has 0 saturated heterocycles. The van der Waals surface area contributed by atoms with Gasteiger partial charge in [-0.15, -0.1) is 0 Å². The first-order valence-corrected chi connectivity index (χ1v) is 7.81. The standard InChI is InChI=1S/C17H26N2O/c1-2-6-14-7-9-15(10-8-14)19-16(20)17(13-18)11-4-3-5-12-17/h7-10H,2-6,11-13,18H2,1H3,(H,19,20). The van der Waals surface area contributed by atoms with Gasteiger partial charge in [0.2, 0.25) is 5.91 Å². The van der Waals surface area contributed by atoms with Crippen LogP contribution in [0.4, 0.5) is 5.69 Å². The van der Waals surface area contributed by atoms with Crippen LogP contribution in [0.5, 0.6) is 0 Å². The van der Waals surface area contributed by atoms with E-state index in [1.165, 1.54) is 12.0 Å². The molecule has 1 aliphatic rings. The Hall–Kier alpha value is -1.35. The molecule has 20 heavy (non-hydrogen) atoms. The van der Waals surface area contributed by atoms with E-state index in [0.717, 1.165) is 44.2 Å². The van der Waals surface area contributed by atoms with Crippen LogP contribution in [0, 0.1) is 5.41 Å². The van der Waals surface area contributed by atoms with Gasteiger partial charge in [-0.3, -0.25) is 4.79 Å². The van der Waals surface area contributed by atoms with Gasteiger partial charge in [-0.25, -0.2) is 0 Å². The normalized spacial score (nSPS) is 17.7. The highest BCUT2D eigenvalue weighted by Crippen LogP contribution is 2.36. The Morgan fingerprint density at radius 3 is 2.40 bits per heavy atom. The molecule has 0 aromatic heterocycles. The van der Waals surface area contributed by atoms with Crippen molar-refractivity contribution in [3.05, 3.63) is 29.8 Å². The molecule has 3 N–H and O–H groups in total. The third-order valence-electron chi connectivity index (χ3n) is 4.43. The maximum absolute atomic E-state index is 12.5. The van der Waals surface area contributed by atoms with Crippen LogP contribution >= 0.6 is 0 Å². The summed E-state index contributed by atoms with van der Waals surface area (Å²) in [6.45, 7) is 2.62. The van der Waals surface area contributed by atoms with Crippen LogP contribution in [0.3, 0.4) is 0 Å². The van der Waals surface area contributed by atoms with Gasteiger partial charge in [0.05, 0.1) is 5.41 Å². The zero-order chi connectivity index (χ0) is 14.4.